The highest BCUT2D eigenvalue weighted by atomic mass is 15.2. The zero-order valence-electron chi connectivity index (χ0n) is 11.8. The van der Waals surface area contributed by atoms with E-state index >= 15 is 0 Å². The first-order valence-electron chi connectivity index (χ1n) is 7.24. The van der Waals surface area contributed by atoms with Gasteiger partial charge in [-0.3, -0.25) is 0 Å². The van der Waals surface area contributed by atoms with E-state index in [0.29, 0.717) is 0 Å². The summed E-state index contributed by atoms with van der Waals surface area (Å²) in [5.41, 5.74) is 0. The van der Waals surface area contributed by atoms with Crippen molar-refractivity contribution in [3.8, 4) is 0 Å². The molecular weight excluding hydrogens is 222 g/mol. The second kappa shape index (κ2) is 6.17. The van der Waals surface area contributed by atoms with Crippen LogP contribution in [0.15, 0.2) is 18.5 Å². The van der Waals surface area contributed by atoms with Crippen LogP contribution < -0.4 is 4.90 Å². The van der Waals surface area contributed by atoms with Crippen LogP contribution in [0.1, 0.15) is 40.0 Å². The van der Waals surface area contributed by atoms with Crippen molar-refractivity contribution < 1.29 is 0 Å². The number of nitrogens with zero attached hydrogens (tertiary/aromatic N) is 3. The van der Waals surface area contributed by atoms with E-state index in [-0.39, 0.29) is 0 Å². The van der Waals surface area contributed by atoms with Gasteiger partial charge in [0.1, 0.15) is 0 Å². The van der Waals surface area contributed by atoms with Crippen molar-refractivity contribution in [2.75, 3.05) is 18.0 Å². The van der Waals surface area contributed by atoms with E-state index in [2.05, 4.69) is 35.6 Å². The first-order chi connectivity index (χ1) is 8.72. The minimum Gasteiger partial charge on any atom is -0.341 e. The first kappa shape index (κ1) is 13.3. The van der Waals surface area contributed by atoms with Crippen molar-refractivity contribution in [3.63, 3.8) is 0 Å². The van der Waals surface area contributed by atoms with Gasteiger partial charge in [-0.05, 0) is 36.7 Å². The van der Waals surface area contributed by atoms with Crippen molar-refractivity contribution in [3.05, 3.63) is 18.5 Å². The molecule has 0 bridgehead atoms. The Balaban J connectivity index is 1.92. The van der Waals surface area contributed by atoms with Crippen LogP contribution in [-0.4, -0.2) is 23.1 Å². The number of hydrogen-bond acceptors (Lipinski definition) is 3. The number of hydrogen-bond donors (Lipinski definition) is 0. The van der Waals surface area contributed by atoms with Crippen LogP contribution in [0.2, 0.25) is 0 Å². The fourth-order valence-corrected chi connectivity index (χ4v) is 3.33. The summed E-state index contributed by atoms with van der Waals surface area (Å²) in [5, 5.41) is 0. The SMILES string of the molecule is CCC(C(C)C)C1CCN(c2ncccn2)CC1. The summed E-state index contributed by atoms with van der Waals surface area (Å²) in [6.07, 6.45) is 7.54. The Labute approximate surface area is 111 Å². The van der Waals surface area contributed by atoms with Crippen LogP contribution in [-0.2, 0) is 0 Å². The maximum absolute atomic E-state index is 4.34. The van der Waals surface area contributed by atoms with Crippen LogP contribution in [0.4, 0.5) is 5.95 Å². The Hall–Kier alpha value is -1.12. The normalized spacial score (nSPS) is 19.2. The maximum atomic E-state index is 4.34. The number of rotatable bonds is 4. The van der Waals surface area contributed by atoms with Crippen LogP contribution in [0.25, 0.3) is 0 Å². The third-order valence-electron chi connectivity index (χ3n) is 4.31. The molecule has 2 heterocycles. The zero-order valence-corrected chi connectivity index (χ0v) is 11.8. The monoisotopic (exact) mass is 247 g/mol. The molecule has 1 fully saturated rings. The summed E-state index contributed by atoms with van der Waals surface area (Å²) in [6, 6.07) is 1.88. The largest absolute Gasteiger partial charge is 0.341 e. The highest BCUT2D eigenvalue weighted by molar-refractivity contribution is 5.28. The van der Waals surface area contributed by atoms with E-state index in [1.54, 1.807) is 0 Å². The molecule has 1 aromatic heterocycles. The second-order valence-corrected chi connectivity index (χ2v) is 5.69. The first-order valence-corrected chi connectivity index (χ1v) is 7.24. The van der Waals surface area contributed by atoms with E-state index in [4.69, 9.17) is 0 Å². The highest BCUT2D eigenvalue weighted by Gasteiger charge is 2.27. The van der Waals surface area contributed by atoms with Gasteiger partial charge in [0.05, 0.1) is 0 Å². The molecule has 1 aromatic rings. The molecule has 3 heteroatoms. The minimum atomic E-state index is 0.805. The van der Waals surface area contributed by atoms with E-state index in [0.717, 1.165) is 36.8 Å². The zero-order chi connectivity index (χ0) is 13.0. The van der Waals surface area contributed by atoms with Crippen LogP contribution in [0, 0.1) is 17.8 Å². The van der Waals surface area contributed by atoms with Gasteiger partial charge in [0.15, 0.2) is 0 Å². The van der Waals surface area contributed by atoms with Crippen molar-refractivity contribution in [2.24, 2.45) is 17.8 Å². The Morgan fingerprint density at radius 3 is 2.33 bits per heavy atom. The van der Waals surface area contributed by atoms with Gasteiger partial charge in [0.25, 0.3) is 0 Å². The van der Waals surface area contributed by atoms with Gasteiger partial charge in [-0.2, -0.15) is 0 Å². The molecule has 1 aliphatic rings. The van der Waals surface area contributed by atoms with Gasteiger partial charge in [-0.1, -0.05) is 27.2 Å². The third-order valence-corrected chi connectivity index (χ3v) is 4.31. The molecule has 3 nitrogen and oxygen atoms in total. The number of piperidine rings is 1. The molecule has 18 heavy (non-hydrogen) atoms. The molecular formula is C15H25N3. The van der Waals surface area contributed by atoms with Gasteiger partial charge < -0.3 is 4.90 Å². The van der Waals surface area contributed by atoms with E-state index < -0.39 is 0 Å². The van der Waals surface area contributed by atoms with Crippen molar-refractivity contribution in [1.82, 2.24) is 9.97 Å². The molecule has 1 atom stereocenters. The lowest BCUT2D eigenvalue weighted by molar-refractivity contribution is 0.207. The lowest BCUT2D eigenvalue weighted by atomic mass is 9.76. The molecule has 0 radical (unpaired) electrons. The van der Waals surface area contributed by atoms with E-state index in [1.165, 1.54) is 19.3 Å². The molecule has 1 unspecified atom stereocenters. The standard InChI is InChI=1S/C15H25N3/c1-4-14(12(2)3)13-6-10-18(11-7-13)15-16-8-5-9-17-15/h5,8-9,12-14H,4,6-7,10-11H2,1-3H3. The molecule has 0 amide bonds. The molecule has 0 saturated carbocycles. The Morgan fingerprint density at radius 2 is 1.83 bits per heavy atom. The molecule has 0 aromatic carbocycles. The summed E-state index contributed by atoms with van der Waals surface area (Å²) in [4.78, 5) is 11.0. The summed E-state index contributed by atoms with van der Waals surface area (Å²) in [7, 11) is 0. The Bertz CT molecular complexity index is 342. The summed E-state index contributed by atoms with van der Waals surface area (Å²) in [5.74, 6) is 3.46. The average Bonchev–Trinajstić information content (AvgIpc) is 2.41. The van der Waals surface area contributed by atoms with Gasteiger partial charge in [0, 0.05) is 25.5 Å². The highest BCUT2D eigenvalue weighted by Crippen LogP contribution is 2.32. The lowest BCUT2D eigenvalue weighted by Gasteiger charge is -2.37. The van der Waals surface area contributed by atoms with Gasteiger partial charge >= 0.3 is 0 Å². The predicted octanol–water partition coefficient (Wildman–Crippen LogP) is 3.38. The fourth-order valence-electron chi connectivity index (χ4n) is 3.33. The predicted molar refractivity (Wildman–Crippen MR) is 75.6 cm³/mol. The molecule has 100 valence electrons. The molecule has 2 rings (SSSR count). The van der Waals surface area contributed by atoms with E-state index in [1.807, 2.05) is 18.5 Å². The van der Waals surface area contributed by atoms with Crippen LogP contribution in [0.5, 0.6) is 0 Å². The number of anilines is 1. The van der Waals surface area contributed by atoms with Crippen molar-refractivity contribution in [1.29, 1.82) is 0 Å². The third kappa shape index (κ3) is 3.01. The maximum Gasteiger partial charge on any atom is 0.225 e. The molecule has 1 saturated heterocycles. The smallest absolute Gasteiger partial charge is 0.225 e. The second-order valence-electron chi connectivity index (χ2n) is 5.69. The topological polar surface area (TPSA) is 29.0 Å². The summed E-state index contributed by atoms with van der Waals surface area (Å²) < 4.78 is 0. The molecule has 0 N–H and O–H groups in total. The fraction of sp³-hybridized carbons (Fsp3) is 0.733. The molecule has 0 spiro atoms. The van der Waals surface area contributed by atoms with Crippen molar-refractivity contribution >= 4 is 5.95 Å². The summed E-state index contributed by atoms with van der Waals surface area (Å²) >= 11 is 0. The van der Waals surface area contributed by atoms with Crippen LogP contribution >= 0.6 is 0 Å². The molecule has 1 aliphatic heterocycles. The Morgan fingerprint density at radius 1 is 1.22 bits per heavy atom. The lowest BCUT2D eigenvalue weighted by Crippen LogP contribution is -2.38. The van der Waals surface area contributed by atoms with Gasteiger partial charge in [0.2, 0.25) is 5.95 Å². The van der Waals surface area contributed by atoms with Crippen LogP contribution in [0.3, 0.4) is 0 Å². The van der Waals surface area contributed by atoms with Gasteiger partial charge in [-0.25, -0.2) is 9.97 Å². The van der Waals surface area contributed by atoms with Gasteiger partial charge in [-0.15, -0.1) is 0 Å². The number of aromatic nitrogens is 2. The molecule has 0 aliphatic carbocycles. The minimum absolute atomic E-state index is 0.805. The quantitative estimate of drug-likeness (QED) is 0.817. The Kier molecular flexibility index (Phi) is 4.56. The average molecular weight is 247 g/mol. The summed E-state index contributed by atoms with van der Waals surface area (Å²) in [6.45, 7) is 9.27. The van der Waals surface area contributed by atoms with E-state index in [9.17, 15) is 0 Å². The van der Waals surface area contributed by atoms with Crippen molar-refractivity contribution in [2.45, 2.75) is 40.0 Å².